The summed E-state index contributed by atoms with van der Waals surface area (Å²) in [5, 5.41) is 4.67. The van der Waals surface area contributed by atoms with Crippen LogP contribution in [0.1, 0.15) is 22.9 Å². The number of methoxy groups -OCH3 is 1. The van der Waals surface area contributed by atoms with Gasteiger partial charge in [-0.15, -0.1) is 0 Å². The summed E-state index contributed by atoms with van der Waals surface area (Å²) < 4.78 is 7.04. The molecule has 96 valence electrons. The lowest BCUT2D eigenvalue weighted by atomic mass is 10.0. The molecule has 2 N–H and O–H groups in total. The molecule has 2 rings (SSSR count). The second kappa shape index (κ2) is 5.00. The number of aryl methyl sites for hydroxylation is 2. The first-order valence-electron chi connectivity index (χ1n) is 5.62. The minimum atomic E-state index is -0.361. The predicted octanol–water partition coefficient (Wildman–Crippen LogP) is 2.44. The second-order valence-corrected chi connectivity index (χ2v) is 4.63. The van der Waals surface area contributed by atoms with Crippen molar-refractivity contribution < 1.29 is 4.74 Å². The standard InChI is InChI=1S/C13H16ClN3O/c1-8-4-5-11(18-3)9(6-8)12(15)13-10(14)7-16-17(13)2/h4-7,12H,15H2,1-3H3. The van der Waals surface area contributed by atoms with Crippen molar-refractivity contribution in [3.63, 3.8) is 0 Å². The number of aromatic nitrogens is 2. The summed E-state index contributed by atoms with van der Waals surface area (Å²) in [5.74, 6) is 0.755. The molecule has 2 aromatic rings. The first-order chi connectivity index (χ1) is 8.54. The first-order valence-corrected chi connectivity index (χ1v) is 6.00. The lowest BCUT2D eigenvalue weighted by Gasteiger charge is -2.17. The Morgan fingerprint density at radius 2 is 2.17 bits per heavy atom. The van der Waals surface area contributed by atoms with E-state index in [1.54, 1.807) is 18.0 Å². The maximum atomic E-state index is 6.28. The Kier molecular flexibility index (Phi) is 3.59. The molecule has 0 fully saturated rings. The monoisotopic (exact) mass is 265 g/mol. The van der Waals surface area contributed by atoms with Gasteiger partial charge in [0.05, 0.1) is 30.1 Å². The second-order valence-electron chi connectivity index (χ2n) is 4.22. The van der Waals surface area contributed by atoms with Crippen LogP contribution in [0.3, 0.4) is 0 Å². The molecule has 0 saturated heterocycles. The maximum absolute atomic E-state index is 6.28. The van der Waals surface area contributed by atoms with Crippen LogP contribution in [0.15, 0.2) is 24.4 Å². The third kappa shape index (κ3) is 2.21. The Labute approximate surface area is 111 Å². The predicted molar refractivity (Wildman–Crippen MR) is 72.0 cm³/mol. The molecule has 4 nitrogen and oxygen atoms in total. The van der Waals surface area contributed by atoms with E-state index in [1.165, 1.54) is 0 Å². The van der Waals surface area contributed by atoms with E-state index in [0.29, 0.717) is 5.02 Å². The minimum Gasteiger partial charge on any atom is -0.496 e. The highest BCUT2D eigenvalue weighted by Gasteiger charge is 2.20. The highest BCUT2D eigenvalue weighted by atomic mass is 35.5. The van der Waals surface area contributed by atoms with E-state index in [-0.39, 0.29) is 6.04 Å². The first kappa shape index (κ1) is 12.9. The van der Waals surface area contributed by atoms with Gasteiger partial charge in [0.2, 0.25) is 0 Å². The molecule has 5 heteroatoms. The van der Waals surface area contributed by atoms with Crippen molar-refractivity contribution in [2.45, 2.75) is 13.0 Å². The van der Waals surface area contributed by atoms with Crippen LogP contribution in [0.2, 0.25) is 5.02 Å². The highest BCUT2D eigenvalue weighted by Crippen LogP contribution is 2.32. The molecule has 1 heterocycles. The quantitative estimate of drug-likeness (QED) is 0.927. The van der Waals surface area contributed by atoms with Crippen molar-refractivity contribution in [1.29, 1.82) is 0 Å². The zero-order chi connectivity index (χ0) is 13.3. The summed E-state index contributed by atoms with van der Waals surface area (Å²) in [6.45, 7) is 2.01. The van der Waals surface area contributed by atoms with Gasteiger partial charge in [-0.1, -0.05) is 29.3 Å². The number of rotatable bonds is 3. The highest BCUT2D eigenvalue weighted by molar-refractivity contribution is 6.31. The van der Waals surface area contributed by atoms with E-state index in [0.717, 1.165) is 22.6 Å². The molecule has 0 aliphatic carbocycles. The van der Waals surface area contributed by atoms with Gasteiger partial charge in [0.25, 0.3) is 0 Å². The molecule has 1 aromatic carbocycles. The van der Waals surface area contributed by atoms with Crippen molar-refractivity contribution in [1.82, 2.24) is 9.78 Å². The van der Waals surface area contributed by atoms with E-state index in [1.807, 2.05) is 32.2 Å². The van der Waals surface area contributed by atoms with Crippen LogP contribution in [0, 0.1) is 6.92 Å². The summed E-state index contributed by atoms with van der Waals surface area (Å²) in [7, 11) is 3.45. The Hall–Kier alpha value is -1.52. The number of nitrogens with two attached hydrogens (primary N) is 1. The van der Waals surface area contributed by atoms with Gasteiger partial charge >= 0.3 is 0 Å². The molecule has 1 atom stereocenters. The third-order valence-electron chi connectivity index (χ3n) is 2.95. The molecular weight excluding hydrogens is 250 g/mol. The fourth-order valence-electron chi connectivity index (χ4n) is 2.01. The average molecular weight is 266 g/mol. The minimum absolute atomic E-state index is 0.361. The smallest absolute Gasteiger partial charge is 0.124 e. The van der Waals surface area contributed by atoms with Crippen LogP contribution >= 0.6 is 11.6 Å². The van der Waals surface area contributed by atoms with E-state index >= 15 is 0 Å². The van der Waals surface area contributed by atoms with Crippen molar-refractivity contribution in [3.8, 4) is 5.75 Å². The molecule has 1 unspecified atom stereocenters. The zero-order valence-electron chi connectivity index (χ0n) is 10.6. The van der Waals surface area contributed by atoms with Gasteiger partial charge in [-0.05, 0) is 13.0 Å². The molecule has 0 spiro atoms. The molecule has 0 aliphatic heterocycles. The third-order valence-corrected chi connectivity index (χ3v) is 3.24. The molecule has 0 aliphatic rings. The lowest BCUT2D eigenvalue weighted by molar-refractivity contribution is 0.407. The SMILES string of the molecule is COc1ccc(C)cc1C(N)c1c(Cl)cnn1C. The van der Waals surface area contributed by atoms with Crippen LogP contribution in [0.25, 0.3) is 0 Å². The topological polar surface area (TPSA) is 53.1 Å². The Morgan fingerprint density at radius 3 is 2.72 bits per heavy atom. The summed E-state index contributed by atoms with van der Waals surface area (Å²) in [6.07, 6.45) is 1.60. The van der Waals surface area contributed by atoms with Gasteiger partial charge < -0.3 is 10.5 Å². The summed E-state index contributed by atoms with van der Waals surface area (Å²) >= 11 is 6.12. The average Bonchev–Trinajstić information content (AvgIpc) is 2.68. The summed E-state index contributed by atoms with van der Waals surface area (Å²) in [5.41, 5.74) is 9.09. The fourth-order valence-corrected chi connectivity index (χ4v) is 2.30. The fraction of sp³-hybridized carbons (Fsp3) is 0.308. The van der Waals surface area contributed by atoms with Crippen LogP contribution in [0.4, 0.5) is 0 Å². The molecule has 0 radical (unpaired) electrons. The molecule has 18 heavy (non-hydrogen) atoms. The molecule has 1 aromatic heterocycles. The van der Waals surface area contributed by atoms with E-state index in [4.69, 9.17) is 22.1 Å². The molecule has 0 saturated carbocycles. The van der Waals surface area contributed by atoms with Crippen LogP contribution in [-0.4, -0.2) is 16.9 Å². The van der Waals surface area contributed by atoms with Crippen molar-refractivity contribution in [2.75, 3.05) is 7.11 Å². The zero-order valence-corrected chi connectivity index (χ0v) is 11.4. The van der Waals surface area contributed by atoms with Crippen molar-refractivity contribution >= 4 is 11.6 Å². The van der Waals surface area contributed by atoms with Gasteiger partial charge in [0.1, 0.15) is 5.75 Å². The van der Waals surface area contributed by atoms with E-state index in [9.17, 15) is 0 Å². The normalized spacial score (nSPS) is 12.5. The van der Waals surface area contributed by atoms with Crippen molar-refractivity contribution in [3.05, 3.63) is 46.2 Å². The van der Waals surface area contributed by atoms with E-state index < -0.39 is 0 Å². The Bertz CT molecular complexity index is 546. The maximum Gasteiger partial charge on any atom is 0.124 e. The number of halogens is 1. The number of hydrogen-bond donors (Lipinski definition) is 1. The number of benzene rings is 1. The van der Waals surface area contributed by atoms with Crippen LogP contribution in [0.5, 0.6) is 5.75 Å². The molecule has 0 amide bonds. The summed E-state index contributed by atoms with van der Waals surface area (Å²) in [6, 6.07) is 5.54. The van der Waals surface area contributed by atoms with Gasteiger partial charge in [-0.2, -0.15) is 5.10 Å². The Morgan fingerprint density at radius 1 is 1.44 bits per heavy atom. The largest absolute Gasteiger partial charge is 0.496 e. The molecular formula is C13H16ClN3O. The van der Waals surface area contributed by atoms with Gasteiger partial charge in [-0.25, -0.2) is 0 Å². The van der Waals surface area contributed by atoms with Crippen LogP contribution < -0.4 is 10.5 Å². The van der Waals surface area contributed by atoms with Gasteiger partial charge in [-0.3, -0.25) is 4.68 Å². The summed E-state index contributed by atoms with van der Waals surface area (Å²) in [4.78, 5) is 0. The Balaban J connectivity index is 2.51. The van der Waals surface area contributed by atoms with Gasteiger partial charge in [0, 0.05) is 12.6 Å². The lowest BCUT2D eigenvalue weighted by Crippen LogP contribution is -2.17. The van der Waals surface area contributed by atoms with Crippen LogP contribution in [-0.2, 0) is 7.05 Å². The number of nitrogens with zero attached hydrogens (tertiary/aromatic N) is 2. The number of hydrogen-bond acceptors (Lipinski definition) is 3. The van der Waals surface area contributed by atoms with Crippen molar-refractivity contribution in [2.24, 2.45) is 12.8 Å². The molecule has 0 bridgehead atoms. The van der Waals surface area contributed by atoms with E-state index in [2.05, 4.69) is 5.10 Å². The van der Waals surface area contributed by atoms with Gasteiger partial charge in [0.15, 0.2) is 0 Å². The number of ether oxygens (including phenoxy) is 1.